The minimum absolute atomic E-state index is 0.0409. The van der Waals surface area contributed by atoms with E-state index in [1.807, 2.05) is 6.07 Å². The third kappa shape index (κ3) is 5.62. The zero-order valence-electron chi connectivity index (χ0n) is 20.3. The molecule has 2 amide bonds. The number of rotatable bonds is 7. The minimum Gasteiger partial charge on any atom is -0.371 e. The molecule has 8 heteroatoms. The molecule has 5 rings (SSSR count). The van der Waals surface area contributed by atoms with Crippen LogP contribution < -0.4 is 10.2 Å². The molecule has 2 saturated heterocycles. The van der Waals surface area contributed by atoms with Crippen LogP contribution >= 0.6 is 11.6 Å². The fourth-order valence-electron chi connectivity index (χ4n) is 5.36. The number of anilines is 1. The van der Waals surface area contributed by atoms with E-state index in [2.05, 4.69) is 28.4 Å². The van der Waals surface area contributed by atoms with Crippen molar-refractivity contribution in [1.29, 1.82) is 0 Å². The van der Waals surface area contributed by atoms with Gasteiger partial charge in [-0.2, -0.15) is 0 Å². The number of carbonyl (C=O) groups excluding carboxylic acids is 2. The molecule has 2 fully saturated rings. The molecule has 2 atom stereocenters. The van der Waals surface area contributed by atoms with E-state index in [-0.39, 0.29) is 22.4 Å². The number of hydrogen-bond donors (Lipinski definition) is 1. The molecule has 2 aliphatic heterocycles. The lowest BCUT2D eigenvalue weighted by molar-refractivity contribution is 0.0777. The number of fused-ring (bicyclic) bond motifs is 1. The van der Waals surface area contributed by atoms with E-state index < -0.39 is 11.6 Å². The van der Waals surface area contributed by atoms with Crippen molar-refractivity contribution in [3.63, 3.8) is 0 Å². The normalized spacial score (nSPS) is 18.7. The number of carbonyl (C=O) groups is 2. The van der Waals surface area contributed by atoms with Crippen LogP contribution in [0.5, 0.6) is 0 Å². The molecule has 37 heavy (non-hydrogen) atoms. The Kier molecular flexibility index (Phi) is 7.42. The third-order valence-electron chi connectivity index (χ3n) is 7.24. The van der Waals surface area contributed by atoms with Crippen LogP contribution in [0.1, 0.15) is 32.7 Å². The monoisotopic (exact) mass is 523 g/mol. The maximum absolute atomic E-state index is 14.2. The average molecular weight is 524 g/mol. The van der Waals surface area contributed by atoms with Gasteiger partial charge in [0.2, 0.25) is 0 Å². The zero-order chi connectivity index (χ0) is 25.9. The summed E-state index contributed by atoms with van der Waals surface area (Å²) in [5.74, 6) is -0.963. The standard InChI is InChI=1S/C29H28ClF2N3O2/c30-25-10-3-11-26(32)27(25)29(37)35-17-21-15-34(16-22(21)18-35)24-9-1-5-19(13-24)6-4-12-33-28(36)20-7-2-8-23(31)14-20/h1-3,5,7-11,13-14,21-22H,4,6,12,15-18H2,(H,33,36). The van der Waals surface area contributed by atoms with Gasteiger partial charge in [-0.1, -0.05) is 35.9 Å². The van der Waals surface area contributed by atoms with Crippen LogP contribution in [0, 0.1) is 23.5 Å². The lowest BCUT2D eigenvalue weighted by atomic mass is 10.0. The number of hydrogen-bond acceptors (Lipinski definition) is 3. The van der Waals surface area contributed by atoms with Gasteiger partial charge in [0.05, 0.1) is 10.6 Å². The predicted molar refractivity (Wildman–Crippen MR) is 140 cm³/mol. The molecule has 5 nitrogen and oxygen atoms in total. The summed E-state index contributed by atoms with van der Waals surface area (Å²) in [4.78, 5) is 29.2. The second-order valence-corrected chi connectivity index (χ2v) is 10.2. The van der Waals surface area contributed by atoms with Crippen molar-refractivity contribution in [1.82, 2.24) is 10.2 Å². The van der Waals surface area contributed by atoms with Crippen molar-refractivity contribution >= 4 is 29.1 Å². The second-order valence-electron chi connectivity index (χ2n) is 9.77. The molecular weight excluding hydrogens is 496 g/mol. The number of halogens is 3. The number of benzene rings is 3. The Morgan fingerprint density at radius 1 is 0.919 bits per heavy atom. The van der Waals surface area contributed by atoms with Crippen LogP contribution in [0.25, 0.3) is 0 Å². The van der Waals surface area contributed by atoms with Crippen molar-refractivity contribution in [2.75, 3.05) is 37.6 Å². The first-order chi connectivity index (χ1) is 17.9. The molecule has 0 aliphatic carbocycles. The van der Waals surface area contributed by atoms with Crippen molar-refractivity contribution in [3.8, 4) is 0 Å². The molecule has 0 bridgehead atoms. The van der Waals surface area contributed by atoms with E-state index in [0.29, 0.717) is 37.0 Å². The summed E-state index contributed by atoms with van der Waals surface area (Å²) in [7, 11) is 0. The summed E-state index contributed by atoms with van der Waals surface area (Å²) >= 11 is 6.11. The minimum atomic E-state index is -0.582. The number of amides is 2. The summed E-state index contributed by atoms with van der Waals surface area (Å²) in [5, 5.41) is 2.99. The first-order valence-electron chi connectivity index (χ1n) is 12.5. The van der Waals surface area contributed by atoms with E-state index >= 15 is 0 Å². The van der Waals surface area contributed by atoms with Crippen molar-refractivity contribution in [3.05, 3.63) is 100 Å². The maximum Gasteiger partial charge on any atom is 0.258 e. The first-order valence-corrected chi connectivity index (χ1v) is 12.9. The Hall–Kier alpha value is -3.45. The summed E-state index contributed by atoms with van der Waals surface area (Å²) in [6.45, 7) is 3.37. The SMILES string of the molecule is O=C(NCCCc1cccc(N2CC3CN(C(=O)c4c(F)cccc4Cl)CC3C2)c1)c1cccc(F)c1. The summed E-state index contributed by atoms with van der Waals surface area (Å²) in [6.07, 6.45) is 1.58. The van der Waals surface area contributed by atoms with Gasteiger partial charge >= 0.3 is 0 Å². The van der Waals surface area contributed by atoms with Gasteiger partial charge in [-0.25, -0.2) is 8.78 Å². The van der Waals surface area contributed by atoms with Gasteiger partial charge < -0.3 is 15.1 Å². The Morgan fingerprint density at radius 2 is 1.65 bits per heavy atom. The number of nitrogens with zero attached hydrogens (tertiary/aromatic N) is 2. The second kappa shape index (κ2) is 10.9. The van der Waals surface area contributed by atoms with Gasteiger partial charge in [0, 0.05) is 55.8 Å². The molecule has 2 heterocycles. The van der Waals surface area contributed by atoms with Gasteiger partial charge in [-0.3, -0.25) is 9.59 Å². The third-order valence-corrected chi connectivity index (χ3v) is 7.56. The van der Waals surface area contributed by atoms with E-state index in [1.54, 1.807) is 17.0 Å². The molecule has 0 aromatic heterocycles. The van der Waals surface area contributed by atoms with Gasteiger partial charge in [0.25, 0.3) is 11.8 Å². The predicted octanol–water partition coefficient (Wildman–Crippen LogP) is 5.19. The van der Waals surface area contributed by atoms with Gasteiger partial charge in [0.1, 0.15) is 11.6 Å². The van der Waals surface area contributed by atoms with E-state index in [0.717, 1.165) is 31.6 Å². The Bertz CT molecular complexity index is 1280. The zero-order valence-corrected chi connectivity index (χ0v) is 21.1. The van der Waals surface area contributed by atoms with Crippen LogP contribution in [0.4, 0.5) is 14.5 Å². The molecule has 0 saturated carbocycles. The van der Waals surface area contributed by atoms with Crippen LogP contribution in [-0.2, 0) is 6.42 Å². The quantitative estimate of drug-likeness (QED) is 0.434. The molecule has 3 aromatic carbocycles. The highest BCUT2D eigenvalue weighted by molar-refractivity contribution is 6.33. The lowest BCUT2D eigenvalue weighted by Crippen LogP contribution is -2.34. The Balaban J connectivity index is 1.12. The molecular formula is C29H28ClF2N3O2. The van der Waals surface area contributed by atoms with Crippen LogP contribution in [0.3, 0.4) is 0 Å². The fraction of sp³-hybridized carbons (Fsp3) is 0.310. The van der Waals surface area contributed by atoms with E-state index in [4.69, 9.17) is 11.6 Å². The van der Waals surface area contributed by atoms with E-state index in [1.165, 1.54) is 35.9 Å². The van der Waals surface area contributed by atoms with Crippen LogP contribution in [0.2, 0.25) is 5.02 Å². The highest BCUT2D eigenvalue weighted by Gasteiger charge is 2.42. The van der Waals surface area contributed by atoms with Crippen molar-refractivity contribution in [2.45, 2.75) is 12.8 Å². The number of aryl methyl sites for hydroxylation is 1. The molecule has 0 spiro atoms. The molecule has 2 unspecified atom stereocenters. The lowest BCUT2D eigenvalue weighted by Gasteiger charge is -2.24. The molecule has 3 aromatic rings. The Labute approximate surface area is 220 Å². The Morgan fingerprint density at radius 3 is 2.38 bits per heavy atom. The largest absolute Gasteiger partial charge is 0.371 e. The van der Waals surface area contributed by atoms with Crippen molar-refractivity contribution in [2.24, 2.45) is 11.8 Å². The van der Waals surface area contributed by atoms with Gasteiger partial charge in [0.15, 0.2) is 0 Å². The van der Waals surface area contributed by atoms with Gasteiger partial charge in [-0.05, 0) is 60.9 Å². The summed E-state index contributed by atoms with van der Waals surface area (Å²) in [5.41, 5.74) is 2.60. The fourth-order valence-corrected chi connectivity index (χ4v) is 5.61. The van der Waals surface area contributed by atoms with Crippen LogP contribution in [0.15, 0.2) is 66.7 Å². The maximum atomic E-state index is 14.2. The van der Waals surface area contributed by atoms with Crippen molar-refractivity contribution < 1.29 is 18.4 Å². The molecule has 192 valence electrons. The average Bonchev–Trinajstić information content (AvgIpc) is 3.46. The van der Waals surface area contributed by atoms with E-state index in [9.17, 15) is 18.4 Å². The number of likely N-dealkylation sites (tertiary alicyclic amines) is 1. The smallest absolute Gasteiger partial charge is 0.258 e. The summed E-state index contributed by atoms with van der Waals surface area (Å²) in [6, 6.07) is 18.4. The first kappa shape index (κ1) is 25.2. The highest BCUT2D eigenvalue weighted by atomic mass is 35.5. The summed E-state index contributed by atoms with van der Waals surface area (Å²) < 4.78 is 27.5. The highest BCUT2D eigenvalue weighted by Crippen LogP contribution is 2.35. The van der Waals surface area contributed by atoms with Crippen LogP contribution in [-0.4, -0.2) is 49.4 Å². The molecule has 2 aliphatic rings. The topological polar surface area (TPSA) is 52.7 Å². The molecule has 1 N–H and O–H groups in total. The van der Waals surface area contributed by atoms with Gasteiger partial charge in [-0.15, -0.1) is 0 Å². The number of nitrogens with one attached hydrogen (secondary N) is 1. The molecule has 0 radical (unpaired) electrons.